The number of nitro benzene ring substituents is 1. The second-order valence-electron chi connectivity index (χ2n) is 6.60. The smallest absolute Gasteiger partial charge is 0.326 e. The molecule has 1 heterocycles. The number of hydrogen-bond donors (Lipinski definition) is 0. The molecule has 9 nitrogen and oxygen atoms in total. The molecule has 12 heteroatoms. The fourth-order valence-electron chi connectivity index (χ4n) is 2.84. The van der Waals surface area contributed by atoms with E-state index in [2.05, 4.69) is 45.2 Å². The van der Waals surface area contributed by atoms with Crippen molar-refractivity contribution in [2.24, 2.45) is 0 Å². The molecule has 172 valence electrons. The van der Waals surface area contributed by atoms with Crippen LogP contribution in [0.4, 0.5) is 10.5 Å². The predicted molar refractivity (Wildman–Crippen MR) is 139 cm³/mol. The standard InChI is InChI=1S/C21H16I2N2O7S/c1-2-31-18(26)10-24-20(27)17(33-21(24)28)9-13-7-15(22)19(16(23)8-13)32-11-12-4-3-5-14(6-12)25(29)30/h3-9H,2,10-11H2,1H3/b17-9+. The fourth-order valence-corrected chi connectivity index (χ4v) is 5.81. The molecule has 2 amide bonds. The van der Waals surface area contributed by atoms with Crippen LogP contribution in [0.5, 0.6) is 5.75 Å². The Hall–Kier alpha value is -2.20. The van der Waals surface area contributed by atoms with E-state index in [4.69, 9.17) is 9.47 Å². The molecule has 1 aliphatic heterocycles. The first-order chi connectivity index (χ1) is 15.7. The van der Waals surface area contributed by atoms with Crippen molar-refractivity contribution in [3.63, 3.8) is 0 Å². The average molecular weight is 694 g/mol. The van der Waals surface area contributed by atoms with E-state index in [-0.39, 0.29) is 23.8 Å². The van der Waals surface area contributed by atoms with E-state index in [0.29, 0.717) is 16.9 Å². The number of carbonyl (C=O) groups is 3. The summed E-state index contributed by atoms with van der Waals surface area (Å²) in [5.74, 6) is -0.584. The van der Waals surface area contributed by atoms with Gasteiger partial charge in [0, 0.05) is 12.1 Å². The Morgan fingerprint density at radius 3 is 2.55 bits per heavy atom. The number of nitro groups is 1. The number of halogens is 2. The number of thioether (sulfide) groups is 1. The van der Waals surface area contributed by atoms with Crippen molar-refractivity contribution < 1.29 is 28.8 Å². The lowest BCUT2D eigenvalue weighted by atomic mass is 10.2. The zero-order chi connectivity index (χ0) is 24.1. The molecule has 0 atom stereocenters. The summed E-state index contributed by atoms with van der Waals surface area (Å²) in [7, 11) is 0. The number of non-ortho nitro benzene ring substituents is 1. The van der Waals surface area contributed by atoms with Gasteiger partial charge in [0.05, 0.1) is 23.6 Å². The molecule has 3 rings (SSSR count). The lowest BCUT2D eigenvalue weighted by Gasteiger charge is -2.12. The summed E-state index contributed by atoms with van der Waals surface area (Å²) in [5.41, 5.74) is 1.34. The van der Waals surface area contributed by atoms with Gasteiger partial charge < -0.3 is 9.47 Å². The van der Waals surface area contributed by atoms with Gasteiger partial charge in [-0.1, -0.05) is 12.1 Å². The van der Waals surface area contributed by atoms with Crippen molar-refractivity contribution in [3.05, 3.63) is 69.7 Å². The van der Waals surface area contributed by atoms with E-state index in [9.17, 15) is 24.5 Å². The molecular formula is C21H16I2N2O7S. The summed E-state index contributed by atoms with van der Waals surface area (Å²) in [6, 6.07) is 9.81. The van der Waals surface area contributed by atoms with Crippen LogP contribution in [0.3, 0.4) is 0 Å². The van der Waals surface area contributed by atoms with Crippen LogP contribution in [0.15, 0.2) is 41.3 Å². The van der Waals surface area contributed by atoms with Gasteiger partial charge in [0.15, 0.2) is 0 Å². The highest BCUT2D eigenvalue weighted by atomic mass is 127. The zero-order valence-corrected chi connectivity index (χ0v) is 22.2. The number of imide groups is 1. The lowest BCUT2D eigenvalue weighted by molar-refractivity contribution is -0.384. The highest BCUT2D eigenvalue weighted by Crippen LogP contribution is 2.35. The maximum atomic E-state index is 12.6. The monoisotopic (exact) mass is 694 g/mol. The van der Waals surface area contributed by atoms with Crippen LogP contribution in [0.2, 0.25) is 0 Å². The molecule has 0 bridgehead atoms. The highest BCUT2D eigenvalue weighted by molar-refractivity contribution is 14.1. The van der Waals surface area contributed by atoms with Crippen LogP contribution in [-0.4, -0.2) is 40.1 Å². The molecule has 0 aliphatic carbocycles. The van der Waals surface area contributed by atoms with Gasteiger partial charge in [0.2, 0.25) is 0 Å². The Labute approximate surface area is 220 Å². The third kappa shape index (κ3) is 6.44. The summed E-state index contributed by atoms with van der Waals surface area (Å²) in [5, 5.41) is 10.4. The minimum absolute atomic E-state index is 0.00672. The van der Waals surface area contributed by atoms with Gasteiger partial charge in [-0.05, 0) is 93.2 Å². The summed E-state index contributed by atoms with van der Waals surface area (Å²) >= 11 is 4.96. The van der Waals surface area contributed by atoms with E-state index in [1.165, 1.54) is 12.1 Å². The number of rotatable bonds is 8. The van der Waals surface area contributed by atoms with E-state index < -0.39 is 28.6 Å². The maximum Gasteiger partial charge on any atom is 0.326 e. The van der Waals surface area contributed by atoms with Crippen LogP contribution in [0.1, 0.15) is 18.1 Å². The van der Waals surface area contributed by atoms with Gasteiger partial charge in [-0.15, -0.1) is 0 Å². The number of hydrogen-bond acceptors (Lipinski definition) is 8. The van der Waals surface area contributed by atoms with Crippen molar-refractivity contribution in [1.82, 2.24) is 4.90 Å². The minimum atomic E-state index is -0.643. The Balaban J connectivity index is 1.75. The summed E-state index contributed by atoms with van der Waals surface area (Å²) in [4.78, 5) is 47.9. The van der Waals surface area contributed by atoms with Crippen LogP contribution >= 0.6 is 56.9 Å². The molecule has 0 spiro atoms. The quantitative estimate of drug-likeness (QED) is 0.125. The summed E-state index contributed by atoms with van der Waals surface area (Å²) in [6.45, 7) is 1.54. The SMILES string of the molecule is CCOC(=O)CN1C(=O)S/C(=C/c2cc(I)c(OCc3cccc([N+](=O)[O-])c3)c(I)c2)C1=O. The molecule has 0 saturated carbocycles. The van der Waals surface area contributed by atoms with Gasteiger partial charge >= 0.3 is 5.97 Å². The summed E-state index contributed by atoms with van der Waals surface area (Å²) in [6.07, 6.45) is 1.59. The van der Waals surface area contributed by atoms with Crippen LogP contribution in [-0.2, 0) is 20.9 Å². The van der Waals surface area contributed by atoms with Crippen LogP contribution in [0, 0.1) is 17.3 Å². The molecule has 0 aromatic heterocycles. The molecule has 1 fully saturated rings. The van der Waals surface area contributed by atoms with E-state index in [0.717, 1.165) is 23.8 Å². The van der Waals surface area contributed by atoms with Crippen molar-refractivity contribution in [1.29, 1.82) is 0 Å². The second-order valence-corrected chi connectivity index (χ2v) is 9.92. The Morgan fingerprint density at radius 1 is 1.21 bits per heavy atom. The number of amides is 2. The average Bonchev–Trinajstić information content (AvgIpc) is 3.01. The zero-order valence-electron chi connectivity index (χ0n) is 17.1. The molecular weight excluding hydrogens is 678 g/mol. The molecule has 0 unspecified atom stereocenters. The fraction of sp³-hybridized carbons (Fsp3) is 0.190. The number of nitrogens with zero attached hydrogens (tertiary/aromatic N) is 2. The van der Waals surface area contributed by atoms with E-state index in [1.807, 2.05) is 0 Å². The largest absolute Gasteiger partial charge is 0.487 e. The second kappa shape index (κ2) is 11.3. The number of ether oxygens (including phenoxy) is 2. The van der Waals surface area contributed by atoms with E-state index >= 15 is 0 Å². The van der Waals surface area contributed by atoms with Gasteiger partial charge in [-0.25, -0.2) is 0 Å². The first-order valence-electron chi connectivity index (χ1n) is 9.45. The first kappa shape index (κ1) is 25.4. The molecule has 1 aliphatic rings. The topological polar surface area (TPSA) is 116 Å². The molecule has 2 aromatic carbocycles. The number of esters is 1. The van der Waals surface area contributed by atoms with Gasteiger partial charge in [0.1, 0.15) is 18.9 Å². The van der Waals surface area contributed by atoms with Crippen molar-refractivity contribution in [3.8, 4) is 5.75 Å². The third-order valence-corrected chi connectivity index (χ3v) is 6.80. The molecule has 1 saturated heterocycles. The Bertz CT molecular complexity index is 1150. The van der Waals surface area contributed by atoms with Gasteiger partial charge in [-0.3, -0.25) is 29.4 Å². The maximum absolute atomic E-state index is 12.6. The molecule has 0 N–H and O–H groups in total. The van der Waals surface area contributed by atoms with Crippen molar-refractivity contribution >= 4 is 85.8 Å². The Morgan fingerprint density at radius 2 is 1.91 bits per heavy atom. The normalized spacial score (nSPS) is 14.6. The van der Waals surface area contributed by atoms with Crippen LogP contribution < -0.4 is 4.74 Å². The Kier molecular flexibility index (Phi) is 8.69. The van der Waals surface area contributed by atoms with Gasteiger partial charge in [0.25, 0.3) is 16.8 Å². The highest BCUT2D eigenvalue weighted by Gasteiger charge is 2.36. The molecule has 2 aromatic rings. The minimum Gasteiger partial charge on any atom is -0.487 e. The van der Waals surface area contributed by atoms with Crippen molar-refractivity contribution in [2.45, 2.75) is 13.5 Å². The number of benzene rings is 2. The summed E-state index contributed by atoms with van der Waals surface area (Å²) < 4.78 is 12.2. The van der Waals surface area contributed by atoms with Crippen molar-refractivity contribution in [2.75, 3.05) is 13.2 Å². The predicted octanol–water partition coefficient (Wildman–Crippen LogP) is 4.98. The van der Waals surface area contributed by atoms with E-state index in [1.54, 1.807) is 37.3 Å². The third-order valence-electron chi connectivity index (χ3n) is 4.29. The van der Waals surface area contributed by atoms with Crippen LogP contribution in [0.25, 0.3) is 6.08 Å². The van der Waals surface area contributed by atoms with Gasteiger partial charge in [-0.2, -0.15) is 0 Å². The first-order valence-corrected chi connectivity index (χ1v) is 12.4. The molecule has 33 heavy (non-hydrogen) atoms. The lowest BCUT2D eigenvalue weighted by Crippen LogP contribution is -2.34. The molecule has 0 radical (unpaired) electrons. The number of carbonyl (C=O) groups excluding carboxylic acids is 3.